The standard InChI is InChI=1S/C15H15ClFNO3/c16-12-8-11(6-7-13(12)17)18-14(19)9-21-15(20)10-4-2-1-3-5-10/h1-2,6-8,10H,3-5,9H2,(H,18,19)/t10-/m1/s1. The molecule has 0 bridgehead atoms. The van der Waals surface area contributed by atoms with E-state index < -0.39 is 11.7 Å². The summed E-state index contributed by atoms with van der Waals surface area (Å²) in [6.07, 6.45) is 6.20. The van der Waals surface area contributed by atoms with Crippen molar-refractivity contribution in [3.63, 3.8) is 0 Å². The fourth-order valence-electron chi connectivity index (χ4n) is 2.03. The predicted octanol–water partition coefficient (Wildman–Crippen LogP) is 3.32. The van der Waals surface area contributed by atoms with E-state index in [4.69, 9.17) is 16.3 Å². The van der Waals surface area contributed by atoms with E-state index >= 15 is 0 Å². The van der Waals surface area contributed by atoms with Crippen LogP contribution in [0.3, 0.4) is 0 Å². The second-order valence-corrected chi connectivity index (χ2v) is 5.17. The normalized spacial score (nSPS) is 17.3. The first kappa shape index (κ1) is 15.5. The first-order chi connectivity index (χ1) is 10.1. The summed E-state index contributed by atoms with van der Waals surface area (Å²) in [4.78, 5) is 23.4. The summed E-state index contributed by atoms with van der Waals surface area (Å²) in [5.41, 5.74) is 0.350. The Kier molecular flexibility index (Phi) is 5.33. The molecule has 1 N–H and O–H groups in total. The molecule has 0 aliphatic heterocycles. The molecule has 0 saturated heterocycles. The average Bonchev–Trinajstić information content (AvgIpc) is 2.49. The summed E-state index contributed by atoms with van der Waals surface area (Å²) in [7, 11) is 0. The summed E-state index contributed by atoms with van der Waals surface area (Å²) in [5, 5.41) is 2.40. The Bertz CT molecular complexity index is 574. The van der Waals surface area contributed by atoms with Crippen LogP contribution < -0.4 is 5.32 Å². The van der Waals surface area contributed by atoms with Crippen LogP contribution in [0, 0.1) is 11.7 Å². The lowest BCUT2D eigenvalue weighted by molar-refractivity contribution is -0.151. The van der Waals surface area contributed by atoms with E-state index in [0.29, 0.717) is 12.1 Å². The van der Waals surface area contributed by atoms with Gasteiger partial charge < -0.3 is 10.1 Å². The summed E-state index contributed by atoms with van der Waals surface area (Å²) < 4.78 is 18.0. The number of esters is 1. The van der Waals surface area contributed by atoms with Crippen molar-refractivity contribution in [2.75, 3.05) is 11.9 Å². The number of rotatable bonds is 4. The van der Waals surface area contributed by atoms with Gasteiger partial charge in [0.2, 0.25) is 0 Å². The maximum atomic E-state index is 13.0. The van der Waals surface area contributed by atoms with Crippen molar-refractivity contribution in [1.29, 1.82) is 0 Å². The number of hydrogen-bond donors (Lipinski definition) is 1. The van der Waals surface area contributed by atoms with Crippen LogP contribution in [0.1, 0.15) is 19.3 Å². The molecule has 1 aliphatic rings. The third kappa shape index (κ3) is 4.56. The van der Waals surface area contributed by atoms with Gasteiger partial charge in [-0.2, -0.15) is 0 Å². The quantitative estimate of drug-likeness (QED) is 0.685. The number of ether oxygens (including phenoxy) is 1. The lowest BCUT2D eigenvalue weighted by Crippen LogP contribution is -2.25. The number of hydrogen-bond acceptors (Lipinski definition) is 3. The van der Waals surface area contributed by atoms with Gasteiger partial charge in [-0.15, -0.1) is 0 Å². The molecule has 0 fully saturated rings. The molecule has 21 heavy (non-hydrogen) atoms. The van der Waals surface area contributed by atoms with Crippen LogP contribution in [0.4, 0.5) is 10.1 Å². The average molecular weight is 312 g/mol. The monoisotopic (exact) mass is 311 g/mol. The van der Waals surface area contributed by atoms with Gasteiger partial charge in [-0.05, 0) is 37.5 Å². The molecule has 1 atom stereocenters. The Morgan fingerprint density at radius 2 is 2.19 bits per heavy atom. The fourth-order valence-corrected chi connectivity index (χ4v) is 2.21. The molecule has 0 radical (unpaired) electrons. The van der Waals surface area contributed by atoms with Gasteiger partial charge in [-0.1, -0.05) is 23.8 Å². The topological polar surface area (TPSA) is 55.4 Å². The second-order valence-electron chi connectivity index (χ2n) is 4.77. The van der Waals surface area contributed by atoms with Crippen LogP contribution in [0.15, 0.2) is 30.4 Å². The molecule has 2 rings (SSSR count). The molecule has 0 spiro atoms. The number of benzene rings is 1. The third-order valence-corrected chi connectivity index (χ3v) is 3.44. The molecule has 1 amide bonds. The highest BCUT2D eigenvalue weighted by atomic mass is 35.5. The summed E-state index contributed by atoms with van der Waals surface area (Å²) >= 11 is 5.61. The smallest absolute Gasteiger partial charge is 0.309 e. The SMILES string of the molecule is O=C(COC(=O)[C@@H]1CC=CCC1)Nc1ccc(F)c(Cl)c1. The highest BCUT2D eigenvalue weighted by Crippen LogP contribution is 2.20. The van der Waals surface area contributed by atoms with Crippen LogP contribution in [0.5, 0.6) is 0 Å². The Labute approximate surface area is 126 Å². The van der Waals surface area contributed by atoms with Gasteiger partial charge in [-0.3, -0.25) is 9.59 Å². The van der Waals surface area contributed by atoms with Gasteiger partial charge in [0.1, 0.15) is 5.82 Å². The molecule has 1 aliphatic carbocycles. The minimum atomic E-state index is -0.563. The number of halogens is 2. The Morgan fingerprint density at radius 1 is 1.38 bits per heavy atom. The Morgan fingerprint density at radius 3 is 2.86 bits per heavy atom. The number of carbonyl (C=O) groups excluding carboxylic acids is 2. The molecule has 0 aromatic heterocycles. The van der Waals surface area contributed by atoms with Crippen molar-refractivity contribution in [2.24, 2.45) is 5.92 Å². The van der Waals surface area contributed by atoms with Crippen molar-refractivity contribution in [2.45, 2.75) is 19.3 Å². The van der Waals surface area contributed by atoms with E-state index in [1.54, 1.807) is 0 Å². The maximum Gasteiger partial charge on any atom is 0.309 e. The largest absolute Gasteiger partial charge is 0.455 e. The van der Waals surface area contributed by atoms with E-state index in [1.807, 2.05) is 12.2 Å². The van der Waals surface area contributed by atoms with Gasteiger partial charge in [0, 0.05) is 5.69 Å². The molecule has 0 saturated carbocycles. The molecular weight excluding hydrogens is 297 g/mol. The number of amides is 1. The minimum Gasteiger partial charge on any atom is -0.455 e. The number of nitrogens with one attached hydrogen (secondary N) is 1. The zero-order chi connectivity index (χ0) is 15.2. The van der Waals surface area contributed by atoms with Crippen LogP contribution in [0.2, 0.25) is 5.02 Å². The molecule has 4 nitrogen and oxygen atoms in total. The molecule has 0 unspecified atom stereocenters. The summed E-state index contributed by atoms with van der Waals surface area (Å²) in [6.45, 7) is -0.367. The van der Waals surface area contributed by atoms with Gasteiger partial charge >= 0.3 is 5.97 Å². The zero-order valence-electron chi connectivity index (χ0n) is 11.3. The molecule has 0 heterocycles. The van der Waals surface area contributed by atoms with Gasteiger partial charge in [0.25, 0.3) is 5.91 Å². The van der Waals surface area contributed by atoms with E-state index in [9.17, 15) is 14.0 Å². The first-order valence-electron chi connectivity index (χ1n) is 6.63. The lowest BCUT2D eigenvalue weighted by atomic mass is 9.95. The van der Waals surface area contributed by atoms with Crippen molar-refractivity contribution in [3.8, 4) is 0 Å². The van der Waals surface area contributed by atoms with E-state index in [1.165, 1.54) is 12.1 Å². The van der Waals surface area contributed by atoms with Crippen LogP contribution in [-0.2, 0) is 14.3 Å². The Balaban J connectivity index is 1.80. The highest BCUT2D eigenvalue weighted by Gasteiger charge is 2.21. The predicted molar refractivity (Wildman–Crippen MR) is 77.5 cm³/mol. The summed E-state index contributed by atoms with van der Waals surface area (Å²) in [6, 6.07) is 3.83. The number of anilines is 1. The van der Waals surface area contributed by atoms with Crippen molar-refractivity contribution in [3.05, 3.63) is 41.2 Å². The van der Waals surface area contributed by atoms with Crippen LogP contribution in [0.25, 0.3) is 0 Å². The zero-order valence-corrected chi connectivity index (χ0v) is 12.0. The Hall–Kier alpha value is -1.88. The van der Waals surface area contributed by atoms with Crippen molar-refractivity contribution < 1.29 is 18.7 Å². The number of carbonyl (C=O) groups is 2. The molecule has 112 valence electrons. The van der Waals surface area contributed by atoms with Gasteiger partial charge in [0.05, 0.1) is 10.9 Å². The summed E-state index contributed by atoms with van der Waals surface area (Å²) in [5.74, 6) is -1.60. The van der Waals surface area contributed by atoms with Crippen LogP contribution in [-0.4, -0.2) is 18.5 Å². The maximum absolute atomic E-state index is 13.0. The molecule has 6 heteroatoms. The minimum absolute atomic E-state index is 0.0845. The first-order valence-corrected chi connectivity index (χ1v) is 7.00. The highest BCUT2D eigenvalue weighted by molar-refractivity contribution is 6.31. The van der Waals surface area contributed by atoms with E-state index in [-0.39, 0.29) is 23.5 Å². The third-order valence-electron chi connectivity index (χ3n) is 3.15. The van der Waals surface area contributed by atoms with Crippen molar-refractivity contribution in [1.82, 2.24) is 0 Å². The number of allylic oxidation sites excluding steroid dienone is 2. The molecular formula is C15H15ClFNO3. The van der Waals surface area contributed by atoms with E-state index in [0.717, 1.165) is 18.9 Å². The van der Waals surface area contributed by atoms with Gasteiger partial charge in [0.15, 0.2) is 6.61 Å². The van der Waals surface area contributed by atoms with Crippen LogP contribution >= 0.6 is 11.6 Å². The van der Waals surface area contributed by atoms with Gasteiger partial charge in [-0.25, -0.2) is 4.39 Å². The lowest BCUT2D eigenvalue weighted by Gasteiger charge is -2.16. The fraction of sp³-hybridized carbons (Fsp3) is 0.333. The molecule has 1 aromatic rings. The second kappa shape index (κ2) is 7.22. The van der Waals surface area contributed by atoms with Crippen molar-refractivity contribution >= 4 is 29.2 Å². The molecule has 1 aromatic carbocycles. The van der Waals surface area contributed by atoms with E-state index in [2.05, 4.69) is 5.32 Å².